The van der Waals surface area contributed by atoms with Crippen molar-refractivity contribution in [1.82, 2.24) is 15.0 Å². The number of halogens is 1. The molecule has 3 aromatic rings. The zero-order valence-electron chi connectivity index (χ0n) is 13.7. The number of nitrogens with one attached hydrogen (secondary N) is 1. The van der Waals surface area contributed by atoms with Crippen LogP contribution in [0.4, 0.5) is 10.8 Å². The van der Waals surface area contributed by atoms with Gasteiger partial charge in [0.15, 0.2) is 5.13 Å². The SMILES string of the molecule is CCNc1nc(-c2cccc(N(C)C)c2)c(-c2ccnc(Cl)n2)s1. The molecule has 3 rings (SSSR count). The van der Waals surface area contributed by atoms with Crippen LogP contribution in [0.25, 0.3) is 21.8 Å². The summed E-state index contributed by atoms with van der Waals surface area (Å²) >= 11 is 7.54. The summed E-state index contributed by atoms with van der Waals surface area (Å²) < 4.78 is 0. The molecule has 0 unspecified atom stereocenters. The molecule has 124 valence electrons. The Morgan fingerprint density at radius 3 is 2.75 bits per heavy atom. The van der Waals surface area contributed by atoms with Gasteiger partial charge in [-0.15, -0.1) is 0 Å². The van der Waals surface area contributed by atoms with E-state index in [1.54, 1.807) is 17.5 Å². The Hall–Kier alpha value is -2.18. The van der Waals surface area contributed by atoms with Crippen molar-refractivity contribution in [2.45, 2.75) is 6.92 Å². The standard InChI is InChI=1S/C17H18ClN5S/c1-4-19-17-22-14(11-6-5-7-12(10-11)23(2)3)15(24-17)13-8-9-20-16(18)21-13/h5-10H,4H2,1-3H3,(H,19,22). The molecule has 2 aromatic heterocycles. The van der Waals surface area contributed by atoms with Crippen LogP contribution in [0, 0.1) is 0 Å². The van der Waals surface area contributed by atoms with Crippen molar-refractivity contribution < 1.29 is 0 Å². The van der Waals surface area contributed by atoms with E-state index in [1.165, 1.54) is 0 Å². The van der Waals surface area contributed by atoms with Gasteiger partial charge in [-0.2, -0.15) is 0 Å². The van der Waals surface area contributed by atoms with Crippen LogP contribution in [0.1, 0.15) is 6.92 Å². The van der Waals surface area contributed by atoms with Crippen LogP contribution in [0.2, 0.25) is 5.28 Å². The van der Waals surface area contributed by atoms with Gasteiger partial charge in [0, 0.05) is 38.1 Å². The Bertz CT molecular complexity index is 847. The summed E-state index contributed by atoms with van der Waals surface area (Å²) in [5, 5.41) is 4.38. The molecule has 0 bridgehead atoms. The van der Waals surface area contributed by atoms with Crippen molar-refractivity contribution in [1.29, 1.82) is 0 Å². The van der Waals surface area contributed by atoms with Crippen LogP contribution in [0.5, 0.6) is 0 Å². The van der Waals surface area contributed by atoms with Crippen LogP contribution in [0.15, 0.2) is 36.5 Å². The van der Waals surface area contributed by atoms with Crippen molar-refractivity contribution in [2.24, 2.45) is 0 Å². The largest absolute Gasteiger partial charge is 0.378 e. The van der Waals surface area contributed by atoms with Gasteiger partial charge in [-0.1, -0.05) is 23.5 Å². The number of hydrogen-bond donors (Lipinski definition) is 1. The first kappa shape index (κ1) is 16.7. The summed E-state index contributed by atoms with van der Waals surface area (Å²) in [6, 6.07) is 10.1. The zero-order chi connectivity index (χ0) is 17.1. The fourth-order valence-corrected chi connectivity index (χ4v) is 3.48. The maximum atomic E-state index is 5.97. The lowest BCUT2D eigenvalue weighted by Crippen LogP contribution is -2.08. The summed E-state index contributed by atoms with van der Waals surface area (Å²) in [4.78, 5) is 16.1. The van der Waals surface area contributed by atoms with E-state index in [2.05, 4.69) is 45.3 Å². The van der Waals surface area contributed by atoms with E-state index in [0.717, 1.165) is 39.2 Å². The van der Waals surface area contributed by atoms with Gasteiger partial charge in [-0.3, -0.25) is 0 Å². The van der Waals surface area contributed by atoms with E-state index in [-0.39, 0.29) is 5.28 Å². The molecule has 0 saturated heterocycles. The van der Waals surface area contributed by atoms with E-state index in [1.807, 2.05) is 26.2 Å². The molecule has 5 nitrogen and oxygen atoms in total. The molecule has 0 amide bonds. The van der Waals surface area contributed by atoms with Crippen LogP contribution in [-0.2, 0) is 0 Å². The van der Waals surface area contributed by atoms with Crippen molar-refractivity contribution >= 4 is 33.8 Å². The number of hydrogen-bond acceptors (Lipinski definition) is 6. The third-order valence-electron chi connectivity index (χ3n) is 3.45. The predicted molar refractivity (Wildman–Crippen MR) is 102 cm³/mol. The maximum Gasteiger partial charge on any atom is 0.222 e. The Morgan fingerprint density at radius 2 is 2.04 bits per heavy atom. The quantitative estimate of drug-likeness (QED) is 0.683. The Labute approximate surface area is 150 Å². The third kappa shape index (κ3) is 3.49. The molecule has 0 fully saturated rings. The maximum absolute atomic E-state index is 5.97. The van der Waals surface area contributed by atoms with Gasteiger partial charge >= 0.3 is 0 Å². The van der Waals surface area contributed by atoms with Gasteiger partial charge < -0.3 is 10.2 Å². The van der Waals surface area contributed by atoms with Crippen molar-refractivity contribution in [3.8, 4) is 21.8 Å². The van der Waals surface area contributed by atoms with Gasteiger partial charge in [-0.25, -0.2) is 15.0 Å². The number of anilines is 2. The van der Waals surface area contributed by atoms with Crippen LogP contribution in [-0.4, -0.2) is 35.6 Å². The molecule has 2 heterocycles. The highest BCUT2D eigenvalue weighted by Crippen LogP contribution is 2.39. The zero-order valence-corrected chi connectivity index (χ0v) is 15.3. The third-order valence-corrected chi connectivity index (χ3v) is 4.67. The molecule has 24 heavy (non-hydrogen) atoms. The molecule has 0 atom stereocenters. The lowest BCUT2D eigenvalue weighted by Gasteiger charge is -2.13. The summed E-state index contributed by atoms with van der Waals surface area (Å²) in [6.07, 6.45) is 1.66. The van der Waals surface area contributed by atoms with Gasteiger partial charge in [-0.05, 0) is 36.7 Å². The molecular formula is C17H18ClN5S. The van der Waals surface area contributed by atoms with Crippen molar-refractivity contribution in [2.75, 3.05) is 30.9 Å². The Morgan fingerprint density at radius 1 is 1.21 bits per heavy atom. The van der Waals surface area contributed by atoms with Crippen LogP contribution in [0.3, 0.4) is 0 Å². The minimum Gasteiger partial charge on any atom is -0.378 e. The normalized spacial score (nSPS) is 10.7. The number of aromatic nitrogens is 3. The summed E-state index contributed by atoms with van der Waals surface area (Å²) in [6.45, 7) is 2.86. The molecule has 0 aliphatic carbocycles. The van der Waals surface area contributed by atoms with Gasteiger partial charge in [0.1, 0.15) is 0 Å². The number of rotatable bonds is 5. The molecule has 1 aromatic carbocycles. The summed E-state index contributed by atoms with van der Waals surface area (Å²) in [7, 11) is 4.05. The first-order valence-electron chi connectivity index (χ1n) is 7.60. The van der Waals surface area contributed by atoms with Gasteiger partial charge in [0.2, 0.25) is 5.28 Å². The average Bonchev–Trinajstić information content (AvgIpc) is 2.99. The second-order valence-electron chi connectivity index (χ2n) is 5.38. The van der Waals surface area contributed by atoms with Crippen LogP contribution >= 0.6 is 22.9 Å². The van der Waals surface area contributed by atoms with Crippen molar-refractivity contribution in [3.63, 3.8) is 0 Å². The average molecular weight is 360 g/mol. The summed E-state index contributed by atoms with van der Waals surface area (Å²) in [5.41, 5.74) is 3.85. The minimum absolute atomic E-state index is 0.235. The molecule has 1 N–H and O–H groups in total. The van der Waals surface area contributed by atoms with E-state index >= 15 is 0 Å². The molecule has 0 saturated carbocycles. The second-order valence-corrected chi connectivity index (χ2v) is 6.72. The van der Waals surface area contributed by atoms with Gasteiger partial charge in [0.05, 0.1) is 16.3 Å². The Kier molecular flexibility index (Phi) is 4.97. The number of benzene rings is 1. The summed E-state index contributed by atoms with van der Waals surface area (Å²) in [5.74, 6) is 0. The van der Waals surface area contributed by atoms with E-state index < -0.39 is 0 Å². The number of nitrogens with zero attached hydrogens (tertiary/aromatic N) is 4. The second kappa shape index (κ2) is 7.15. The topological polar surface area (TPSA) is 53.9 Å². The molecule has 0 aliphatic rings. The molecule has 0 radical (unpaired) electrons. The molecular weight excluding hydrogens is 342 g/mol. The molecule has 0 spiro atoms. The highest BCUT2D eigenvalue weighted by Gasteiger charge is 2.17. The highest BCUT2D eigenvalue weighted by molar-refractivity contribution is 7.19. The fraction of sp³-hybridized carbons (Fsp3) is 0.235. The Balaban J connectivity index is 2.14. The van der Waals surface area contributed by atoms with Gasteiger partial charge in [0.25, 0.3) is 0 Å². The lowest BCUT2D eigenvalue weighted by molar-refractivity contribution is 1.13. The molecule has 7 heteroatoms. The fourth-order valence-electron chi connectivity index (χ4n) is 2.31. The minimum atomic E-state index is 0.235. The lowest BCUT2D eigenvalue weighted by atomic mass is 10.1. The first-order valence-corrected chi connectivity index (χ1v) is 8.79. The first-order chi connectivity index (χ1) is 11.6. The highest BCUT2D eigenvalue weighted by atomic mass is 35.5. The monoisotopic (exact) mass is 359 g/mol. The number of thiazole rings is 1. The van der Waals surface area contributed by atoms with Crippen molar-refractivity contribution in [3.05, 3.63) is 41.8 Å². The molecule has 0 aliphatic heterocycles. The van der Waals surface area contributed by atoms with E-state index in [4.69, 9.17) is 16.6 Å². The van der Waals surface area contributed by atoms with E-state index in [0.29, 0.717) is 0 Å². The van der Waals surface area contributed by atoms with Crippen LogP contribution < -0.4 is 10.2 Å². The predicted octanol–water partition coefficient (Wildman–Crippen LogP) is 4.42. The smallest absolute Gasteiger partial charge is 0.222 e. The van der Waals surface area contributed by atoms with E-state index in [9.17, 15) is 0 Å².